The summed E-state index contributed by atoms with van der Waals surface area (Å²) in [6.07, 6.45) is 8.40. The van der Waals surface area contributed by atoms with Gasteiger partial charge in [0.25, 0.3) is 0 Å². The number of allylic oxidation sites excluding steroid dienone is 5. The minimum absolute atomic E-state index is 1.19. The van der Waals surface area contributed by atoms with E-state index < -0.39 is 0 Å². The van der Waals surface area contributed by atoms with Gasteiger partial charge in [-0.1, -0.05) is 42.5 Å². The molecule has 1 aromatic carbocycles. The van der Waals surface area contributed by atoms with Gasteiger partial charge >= 0.3 is 0 Å². The average Bonchev–Trinajstić information content (AvgIpc) is 2.83. The van der Waals surface area contributed by atoms with Crippen molar-refractivity contribution in [3.05, 3.63) is 66.0 Å². The fourth-order valence-corrected chi connectivity index (χ4v) is 2.05. The Morgan fingerprint density at radius 3 is 2.00 bits per heavy atom. The lowest BCUT2D eigenvalue weighted by molar-refractivity contribution is 0.493. The molecular weight excluding hydrogens is 208 g/mol. The van der Waals surface area contributed by atoms with Crippen molar-refractivity contribution in [3.63, 3.8) is 0 Å². The molecule has 1 aliphatic carbocycles. The molecular formula is C15H18N2. The molecule has 0 saturated heterocycles. The van der Waals surface area contributed by atoms with Gasteiger partial charge in [-0.25, -0.2) is 0 Å². The minimum Gasteiger partial charge on any atom is -0.364 e. The minimum atomic E-state index is 1.19. The van der Waals surface area contributed by atoms with Crippen LogP contribution in [0.3, 0.4) is 0 Å². The van der Waals surface area contributed by atoms with E-state index in [-0.39, 0.29) is 0 Å². The van der Waals surface area contributed by atoms with Gasteiger partial charge < -0.3 is 9.80 Å². The highest BCUT2D eigenvalue weighted by molar-refractivity contribution is 5.55. The van der Waals surface area contributed by atoms with E-state index in [1.54, 1.807) is 0 Å². The van der Waals surface area contributed by atoms with Crippen LogP contribution in [0, 0.1) is 0 Å². The predicted molar refractivity (Wildman–Crippen MR) is 73.8 cm³/mol. The summed E-state index contributed by atoms with van der Waals surface area (Å²) in [5.41, 5.74) is 2.43. The van der Waals surface area contributed by atoms with E-state index in [9.17, 15) is 0 Å². The molecule has 1 aromatic rings. The number of para-hydroxylation sites is 1. The van der Waals surface area contributed by atoms with Crippen molar-refractivity contribution in [2.75, 3.05) is 26.0 Å². The van der Waals surface area contributed by atoms with E-state index in [1.807, 2.05) is 6.07 Å². The molecule has 2 rings (SSSR count). The molecule has 0 spiro atoms. The molecule has 0 N–H and O–H groups in total. The normalized spacial score (nSPS) is 13.0. The molecule has 17 heavy (non-hydrogen) atoms. The van der Waals surface area contributed by atoms with Gasteiger partial charge in [0, 0.05) is 32.4 Å². The number of hydrogen-bond donors (Lipinski definition) is 0. The van der Waals surface area contributed by atoms with Gasteiger partial charge in [0.15, 0.2) is 0 Å². The Kier molecular flexibility index (Phi) is 3.33. The van der Waals surface area contributed by atoms with Gasteiger partial charge in [-0.15, -0.1) is 0 Å². The van der Waals surface area contributed by atoms with Crippen LogP contribution in [0.4, 0.5) is 5.69 Å². The second kappa shape index (κ2) is 4.91. The van der Waals surface area contributed by atoms with E-state index >= 15 is 0 Å². The number of benzene rings is 1. The third-order valence-electron chi connectivity index (χ3n) is 2.81. The quantitative estimate of drug-likeness (QED) is 0.781. The van der Waals surface area contributed by atoms with Crippen molar-refractivity contribution in [1.29, 1.82) is 0 Å². The van der Waals surface area contributed by atoms with Crippen LogP contribution in [0.2, 0.25) is 0 Å². The van der Waals surface area contributed by atoms with Gasteiger partial charge in [0.1, 0.15) is 5.82 Å². The summed E-state index contributed by atoms with van der Waals surface area (Å²) < 4.78 is 0. The molecule has 0 aliphatic heterocycles. The van der Waals surface area contributed by atoms with Gasteiger partial charge in [0.2, 0.25) is 0 Å². The Labute approximate surface area is 103 Å². The Morgan fingerprint density at radius 2 is 1.47 bits per heavy atom. The summed E-state index contributed by atoms with van der Waals surface area (Å²) in [6.45, 7) is 0. The second-order valence-corrected chi connectivity index (χ2v) is 4.29. The first-order chi connectivity index (χ1) is 8.20. The maximum Gasteiger partial charge on any atom is 0.115 e. The maximum atomic E-state index is 2.20. The molecule has 88 valence electrons. The van der Waals surface area contributed by atoms with Crippen molar-refractivity contribution in [2.45, 2.75) is 0 Å². The summed E-state index contributed by atoms with van der Waals surface area (Å²) in [5.74, 6) is 1.20. The van der Waals surface area contributed by atoms with Crippen molar-refractivity contribution < 1.29 is 0 Å². The first-order valence-corrected chi connectivity index (χ1v) is 5.75. The fraction of sp³-hybridized carbons (Fsp3) is 0.200. The topological polar surface area (TPSA) is 6.48 Å². The third-order valence-corrected chi connectivity index (χ3v) is 2.81. The van der Waals surface area contributed by atoms with E-state index in [4.69, 9.17) is 0 Å². The first kappa shape index (κ1) is 11.5. The zero-order valence-electron chi connectivity index (χ0n) is 10.6. The van der Waals surface area contributed by atoms with Crippen LogP contribution in [-0.4, -0.2) is 26.0 Å². The third kappa shape index (κ3) is 2.41. The maximum absolute atomic E-state index is 2.20. The van der Waals surface area contributed by atoms with Gasteiger partial charge in [-0.05, 0) is 12.1 Å². The van der Waals surface area contributed by atoms with E-state index in [0.29, 0.717) is 0 Å². The van der Waals surface area contributed by atoms with E-state index in [1.165, 1.54) is 17.1 Å². The van der Waals surface area contributed by atoms with Crippen molar-refractivity contribution in [2.24, 2.45) is 0 Å². The predicted octanol–water partition coefficient (Wildman–Crippen LogP) is 3.02. The molecule has 0 saturated carbocycles. The molecule has 2 heteroatoms. The van der Waals surface area contributed by atoms with Crippen LogP contribution in [-0.2, 0) is 0 Å². The summed E-state index contributed by atoms with van der Waals surface area (Å²) in [5, 5.41) is 0. The highest BCUT2D eigenvalue weighted by Gasteiger charge is 2.13. The molecule has 1 aliphatic rings. The zero-order chi connectivity index (χ0) is 12.3. The lowest BCUT2D eigenvalue weighted by Crippen LogP contribution is -2.28. The zero-order valence-corrected chi connectivity index (χ0v) is 10.6. The van der Waals surface area contributed by atoms with Gasteiger partial charge in [-0.2, -0.15) is 0 Å². The van der Waals surface area contributed by atoms with Crippen LogP contribution in [0.15, 0.2) is 66.0 Å². The molecule has 2 nitrogen and oxygen atoms in total. The smallest absolute Gasteiger partial charge is 0.115 e. The average molecular weight is 226 g/mol. The largest absolute Gasteiger partial charge is 0.364 e. The summed E-state index contributed by atoms with van der Waals surface area (Å²) in [4.78, 5) is 4.34. The van der Waals surface area contributed by atoms with Crippen LogP contribution < -0.4 is 4.90 Å². The Balaban J connectivity index is 2.39. The molecule has 0 heterocycles. The lowest BCUT2D eigenvalue weighted by Gasteiger charge is -2.29. The standard InChI is InChI=1S/C15H18N2/c1-16(2)15(13-9-7-8-10-13)17(3)14-11-5-4-6-12-14/h4-12H,1-3H3. The molecule has 0 radical (unpaired) electrons. The van der Waals surface area contributed by atoms with Gasteiger partial charge in [-0.3, -0.25) is 0 Å². The van der Waals surface area contributed by atoms with E-state index in [0.717, 1.165) is 0 Å². The van der Waals surface area contributed by atoms with Crippen molar-refractivity contribution in [3.8, 4) is 0 Å². The summed E-state index contributed by atoms with van der Waals surface area (Å²) in [6, 6.07) is 10.4. The Hall–Kier alpha value is -1.96. The number of anilines is 1. The Morgan fingerprint density at radius 1 is 0.882 bits per heavy atom. The fourth-order valence-electron chi connectivity index (χ4n) is 2.05. The van der Waals surface area contributed by atoms with E-state index in [2.05, 4.69) is 79.5 Å². The molecule has 0 aromatic heterocycles. The van der Waals surface area contributed by atoms with Crippen molar-refractivity contribution in [1.82, 2.24) is 4.90 Å². The number of nitrogens with zero attached hydrogens (tertiary/aromatic N) is 2. The monoisotopic (exact) mass is 226 g/mol. The lowest BCUT2D eigenvalue weighted by atomic mass is 10.2. The van der Waals surface area contributed by atoms with Crippen LogP contribution in [0.1, 0.15) is 0 Å². The number of hydrogen-bond acceptors (Lipinski definition) is 2. The SMILES string of the molecule is CN(C)C(=C1C=CC=C1)N(C)c1ccccc1. The highest BCUT2D eigenvalue weighted by Crippen LogP contribution is 2.23. The van der Waals surface area contributed by atoms with Crippen LogP contribution in [0.5, 0.6) is 0 Å². The van der Waals surface area contributed by atoms with Crippen LogP contribution in [0.25, 0.3) is 0 Å². The molecule has 0 atom stereocenters. The van der Waals surface area contributed by atoms with Gasteiger partial charge in [0.05, 0.1) is 0 Å². The van der Waals surface area contributed by atoms with Crippen molar-refractivity contribution >= 4 is 5.69 Å². The molecule has 0 fully saturated rings. The summed E-state index contributed by atoms with van der Waals surface area (Å²) in [7, 11) is 6.24. The Bertz CT molecular complexity index is 453. The summed E-state index contributed by atoms with van der Waals surface area (Å²) >= 11 is 0. The molecule has 0 unspecified atom stereocenters. The number of rotatable bonds is 3. The van der Waals surface area contributed by atoms with Crippen LogP contribution >= 0.6 is 0 Å². The second-order valence-electron chi connectivity index (χ2n) is 4.29. The highest BCUT2D eigenvalue weighted by atomic mass is 15.3. The molecule has 0 amide bonds. The first-order valence-electron chi connectivity index (χ1n) is 5.75. The molecule has 0 bridgehead atoms.